The monoisotopic (exact) mass is 375 g/mol. The Labute approximate surface area is 154 Å². The Hall–Kier alpha value is -2.15. The summed E-state index contributed by atoms with van der Waals surface area (Å²) in [6.07, 6.45) is 5.72. The van der Waals surface area contributed by atoms with Crippen molar-refractivity contribution < 1.29 is 13.2 Å². The molecular weight excluding hydrogens is 350 g/mol. The van der Waals surface area contributed by atoms with Crippen molar-refractivity contribution in [2.24, 2.45) is 5.92 Å². The maximum absolute atomic E-state index is 12.4. The molecule has 3 rings (SSSR count). The number of imidazole rings is 1. The molecule has 1 aromatic carbocycles. The van der Waals surface area contributed by atoms with Gasteiger partial charge in [-0.3, -0.25) is 4.79 Å². The number of carbonyl (C=O) groups is 1. The van der Waals surface area contributed by atoms with Crippen molar-refractivity contribution in [1.29, 1.82) is 0 Å². The van der Waals surface area contributed by atoms with E-state index < -0.39 is 9.84 Å². The third-order valence-electron chi connectivity index (χ3n) is 5.03. The number of nitrogens with zero attached hydrogens (tertiary/aromatic N) is 3. The van der Waals surface area contributed by atoms with Crippen molar-refractivity contribution in [3.63, 3.8) is 0 Å². The predicted octanol–water partition coefficient (Wildman–Crippen LogP) is 2.29. The minimum atomic E-state index is -3.40. The highest BCUT2D eigenvalue weighted by Crippen LogP contribution is 2.21. The van der Waals surface area contributed by atoms with Gasteiger partial charge in [0.2, 0.25) is 5.91 Å². The standard InChI is InChI=1S/C19H25N3O3S/c1-16-20-10-13-22(16)15-17-7-11-21(12-8-17)19(23)9-14-26(24,25)18-5-3-2-4-6-18/h2-6,10,13,17H,7-9,11-12,14-15H2,1H3. The van der Waals surface area contributed by atoms with Crippen molar-refractivity contribution in [3.8, 4) is 0 Å². The molecule has 0 bridgehead atoms. The molecule has 140 valence electrons. The average molecular weight is 375 g/mol. The number of benzene rings is 1. The summed E-state index contributed by atoms with van der Waals surface area (Å²) in [7, 11) is -3.40. The van der Waals surface area contributed by atoms with Gasteiger partial charge in [0.25, 0.3) is 0 Å². The third kappa shape index (κ3) is 4.52. The smallest absolute Gasteiger partial charge is 0.223 e. The molecular formula is C19H25N3O3S. The van der Waals surface area contributed by atoms with Gasteiger partial charge in [-0.05, 0) is 37.8 Å². The molecule has 0 aliphatic carbocycles. The summed E-state index contributed by atoms with van der Waals surface area (Å²) in [4.78, 5) is 18.7. The molecule has 0 spiro atoms. The lowest BCUT2D eigenvalue weighted by Crippen LogP contribution is -2.40. The zero-order valence-corrected chi connectivity index (χ0v) is 15.9. The van der Waals surface area contributed by atoms with Crippen LogP contribution in [0.5, 0.6) is 0 Å². The molecule has 1 aliphatic heterocycles. The molecule has 0 radical (unpaired) electrons. The van der Waals surface area contributed by atoms with E-state index in [-0.39, 0.29) is 23.0 Å². The zero-order chi connectivity index (χ0) is 18.6. The van der Waals surface area contributed by atoms with Crippen molar-refractivity contribution in [2.75, 3.05) is 18.8 Å². The van der Waals surface area contributed by atoms with Crippen molar-refractivity contribution in [3.05, 3.63) is 48.5 Å². The van der Waals surface area contributed by atoms with Crippen LogP contribution in [0.3, 0.4) is 0 Å². The third-order valence-corrected chi connectivity index (χ3v) is 6.76. The molecule has 1 aliphatic rings. The number of rotatable bonds is 6. The number of amides is 1. The van der Waals surface area contributed by atoms with E-state index in [4.69, 9.17) is 0 Å². The van der Waals surface area contributed by atoms with Crippen molar-refractivity contribution >= 4 is 15.7 Å². The Morgan fingerprint density at radius 2 is 1.88 bits per heavy atom. The average Bonchev–Trinajstić information content (AvgIpc) is 3.06. The molecule has 1 saturated heterocycles. The highest BCUT2D eigenvalue weighted by Gasteiger charge is 2.25. The highest BCUT2D eigenvalue weighted by atomic mass is 32.2. The van der Waals surface area contributed by atoms with Crippen LogP contribution in [0.4, 0.5) is 0 Å². The summed E-state index contributed by atoms with van der Waals surface area (Å²) in [5.74, 6) is 1.33. The molecule has 0 unspecified atom stereocenters. The van der Waals surface area contributed by atoms with Crippen LogP contribution in [-0.2, 0) is 21.2 Å². The van der Waals surface area contributed by atoms with Gasteiger partial charge in [-0.15, -0.1) is 0 Å². The Kier molecular flexibility index (Phi) is 5.76. The summed E-state index contributed by atoms with van der Waals surface area (Å²) in [5, 5.41) is 0. The first-order chi connectivity index (χ1) is 12.5. The second-order valence-corrected chi connectivity index (χ2v) is 8.94. The Balaban J connectivity index is 1.47. The van der Waals surface area contributed by atoms with E-state index in [0.717, 1.165) is 25.2 Å². The van der Waals surface area contributed by atoms with Gasteiger partial charge in [-0.2, -0.15) is 0 Å². The Morgan fingerprint density at radius 1 is 1.19 bits per heavy atom. The molecule has 0 saturated carbocycles. The van der Waals surface area contributed by atoms with Crippen LogP contribution in [0.1, 0.15) is 25.1 Å². The molecule has 2 heterocycles. The zero-order valence-electron chi connectivity index (χ0n) is 15.0. The van der Waals surface area contributed by atoms with Crippen LogP contribution >= 0.6 is 0 Å². The first-order valence-electron chi connectivity index (χ1n) is 8.99. The fourth-order valence-electron chi connectivity index (χ4n) is 3.37. The van der Waals surface area contributed by atoms with Gasteiger partial charge in [-0.25, -0.2) is 13.4 Å². The Bertz CT molecular complexity index is 838. The summed E-state index contributed by atoms with van der Waals surface area (Å²) in [5.41, 5.74) is 0. The second kappa shape index (κ2) is 8.03. The highest BCUT2D eigenvalue weighted by molar-refractivity contribution is 7.91. The molecule has 0 N–H and O–H groups in total. The fourth-order valence-corrected chi connectivity index (χ4v) is 4.62. The number of piperidine rings is 1. The van der Waals surface area contributed by atoms with Crippen LogP contribution in [0, 0.1) is 12.8 Å². The van der Waals surface area contributed by atoms with E-state index in [1.54, 1.807) is 41.4 Å². The maximum Gasteiger partial charge on any atom is 0.223 e. The summed E-state index contributed by atoms with van der Waals surface area (Å²) in [6.45, 7) is 4.31. The lowest BCUT2D eigenvalue weighted by molar-refractivity contribution is -0.132. The topological polar surface area (TPSA) is 72.3 Å². The number of sulfone groups is 1. The molecule has 1 fully saturated rings. The van der Waals surface area contributed by atoms with E-state index in [1.165, 1.54) is 0 Å². The number of carbonyl (C=O) groups excluding carboxylic acids is 1. The minimum absolute atomic E-state index is 0.0442. The number of likely N-dealkylation sites (tertiary alicyclic amines) is 1. The number of aryl methyl sites for hydroxylation is 1. The van der Waals surface area contributed by atoms with E-state index in [9.17, 15) is 13.2 Å². The van der Waals surface area contributed by atoms with Gasteiger partial charge in [0.1, 0.15) is 5.82 Å². The molecule has 7 heteroatoms. The predicted molar refractivity (Wildman–Crippen MR) is 99.4 cm³/mol. The van der Waals surface area contributed by atoms with Crippen LogP contribution in [0.25, 0.3) is 0 Å². The fraction of sp³-hybridized carbons (Fsp3) is 0.474. The minimum Gasteiger partial charge on any atom is -0.343 e. The van der Waals surface area contributed by atoms with E-state index in [2.05, 4.69) is 9.55 Å². The normalized spacial score (nSPS) is 16.0. The van der Waals surface area contributed by atoms with Crippen LogP contribution in [0.2, 0.25) is 0 Å². The van der Waals surface area contributed by atoms with Crippen LogP contribution in [-0.4, -0.2) is 47.6 Å². The number of aromatic nitrogens is 2. The lowest BCUT2D eigenvalue weighted by Gasteiger charge is -2.32. The molecule has 2 aromatic rings. The van der Waals surface area contributed by atoms with Gasteiger partial charge in [0.05, 0.1) is 10.6 Å². The molecule has 1 amide bonds. The maximum atomic E-state index is 12.4. The lowest BCUT2D eigenvalue weighted by atomic mass is 9.96. The van der Waals surface area contributed by atoms with Crippen LogP contribution in [0.15, 0.2) is 47.6 Å². The van der Waals surface area contributed by atoms with Crippen LogP contribution < -0.4 is 0 Å². The molecule has 0 atom stereocenters. The summed E-state index contributed by atoms with van der Waals surface area (Å²) in [6, 6.07) is 8.31. The van der Waals surface area contributed by atoms with Crippen molar-refractivity contribution in [2.45, 2.75) is 37.6 Å². The number of hydrogen-bond donors (Lipinski definition) is 0. The summed E-state index contributed by atoms with van der Waals surface area (Å²) < 4.78 is 26.8. The first-order valence-corrected chi connectivity index (χ1v) is 10.6. The van der Waals surface area contributed by atoms with E-state index >= 15 is 0 Å². The first kappa shape index (κ1) is 18.6. The summed E-state index contributed by atoms with van der Waals surface area (Å²) >= 11 is 0. The van der Waals surface area contributed by atoms with Gasteiger partial charge >= 0.3 is 0 Å². The SMILES string of the molecule is Cc1nccn1CC1CCN(C(=O)CCS(=O)(=O)c2ccccc2)CC1. The van der Waals surface area contributed by atoms with Gasteiger partial charge in [0.15, 0.2) is 9.84 Å². The van der Waals surface area contributed by atoms with Gasteiger partial charge in [0, 0.05) is 38.4 Å². The number of hydrogen-bond acceptors (Lipinski definition) is 4. The second-order valence-electron chi connectivity index (χ2n) is 6.83. The molecule has 6 nitrogen and oxygen atoms in total. The quantitative estimate of drug-likeness (QED) is 0.777. The molecule has 1 aromatic heterocycles. The van der Waals surface area contributed by atoms with Crippen molar-refractivity contribution in [1.82, 2.24) is 14.5 Å². The van der Waals surface area contributed by atoms with Gasteiger partial charge < -0.3 is 9.47 Å². The largest absolute Gasteiger partial charge is 0.343 e. The van der Waals surface area contributed by atoms with E-state index in [1.807, 2.05) is 13.1 Å². The van der Waals surface area contributed by atoms with E-state index in [0.29, 0.717) is 19.0 Å². The molecule has 26 heavy (non-hydrogen) atoms. The van der Waals surface area contributed by atoms with Gasteiger partial charge in [-0.1, -0.05) is 18.2 Å². The Morgan fingerprint density at radius 3 is 2.50 bits per heavy atom.